The van der Waals surface area contributed by atoms with E-state index in [2.05, 4.69) is 16.0 Å². The van der Waals surface area contributed by atoms with E-state index < -0.39 is 35.0 Å². The van der Waals surface area contributed by atoms with Gasteiger partial charge in [0.05, 0.1) is 5.69 Å². The molecule has 1 aromatic carbocycles. The Balaban J connectivity index is 2.34. The lowest BCUT2D eigenvalue weighted by atomic mass is 10.2. The topological polar surface area (TPSA) is 140 Å². The van der Waals surface area contributed by atoms with Crippen LogP contribution in [-0.4, -0.2) is 46.1 Å². The van der Waals surface area contributed by atoms with Gasteiger partial charge in [-0.25, -0.2) is 9.59 Å². The SMILES string of the molecule is CC(C)(C)OC(=O)NCCNC(=O)Nc1cc(O)c(O)c(O)c1. The summed E-state index contributed by atoms with van der Waals surface area (Å²) in [4.78, 5) is 23.0. The molecule has 0 aliphatic rings. The Morgan fingerprint density at radius 2 is 1.57 bits per heavy atom. The van der Waals surface area contributed by atoms with Gasteiger partial charge in [0.25, 0.3) is 0 Å². The summed E-state index contributed by atoms with van der Waals surface area (Å²) in [6.45, 7) is 5.51. The fourth-order valence-corrected chi connectivity index (χ4v) is 1.51. The predicted molar refractivity (Wildman–Crippen MR) is 82.7 cm³/mol. The highest BCUT2D eigenvalue weighted by Crippen LogP contribution is 2.37. The Bertz CT molecular complexity index is 559. The van der Waals surface area contributed by atoms with Crippen LogP contribution in [0.2, 0.25) is 0 Å². The molecule has 0 unspecified atom stereocenters. The molecule has 0 aromatic heterocycles. The third-order valence-electron chi connectivity index (χ3n) is 2.41. The maximum absolute atomic E-state index is 11.6. The molecule has 0 heterocycles. The van der Waals surface area contributed by atoms with E-state index in [1.54, 1.807) is 20.8 Å². The van der Waals surface area contributed by atoms with E-state index in [-0.39, 0.29) is 18.8 Å². The van der Waals surface area contributed by atoms with Crippen molar-refractivity contribution in [2.45, 2.75) is 26.4 Å². The van der Waals surface area contributed by atoms with Gasteiger partial charge in [-0.2, -0.15) is 0 Å². The van der Waals surface area contributed by atoms with Gasteiger partial charge in [0.15, 0.2) is 17.2 Å². The van der Waals surface area contributed by atoms with Gasteiger partial charge < -0.3 is 36.0 Å². The third kappa shape index (κ3) is 6.64. The van der Waals surface area contributed by atoms with Crippen molar-refractivity contribution in [3.63, 3.8) is 0 Å². The largest absolute Gasteiger partial charge is 0.504 e. The number of anilines is 1. The Kier molecular flexibility index (Phi) is 5.88. The Hall–Kier alpha value is -2.84. The van der Waals surface area contributed by atoms with E-state index in [1.165, 1.54) is 0 Å². The minimum absolute atomic E-state index is 0.0930. The highest BCUT2D eigenvalue weighted by atomic mass is 16.6. The number of hydrogen-bond acceptors (Lipinski definition) is 6. The lowest BCUT2D eigenvalue weighted by molar-refractivity contribution is 0.0528. The molecule has 0 atom stereocenters. The molecule has 0 aliphatic carbocycles. The summed E-state index contributed by atoms with van der Waals surface area (Å²) in [5.74, 6) is -1.80. The van der Waals surface area contributed by atoms with Crippen LogP contribution in [0.4, 0.5) is 15.3 Å². The molecule has 23 heavy (non-hydrogen) atoms. The molecule has 128 valence electrons. The van der Waals surface area contributed by atoms with Crippen molar-refractivity contribution in [3.8, 4) is 17.2 Å². The molecular weight excluding hydrogens is 306 g/mol. The maximum atomic E-state index is 11.6. The van der Waals surface area contributed by atoms with Gasteiger partial charge in [0, 0.05) is 25.2 Å². The molecule has 9 heteroatoms. The molecule has 0 spiro atoms. The summed E-state index contributed by atoms with van der Waals surface area (Å²) < 4.78 is 5.02. The first-order valence-corrected chi connectivity index (χ1v) is 6.85. The Morgan fingerprint density at radius 1 is 1.04 bits per heavy atom. The number of ether oxygens (including phenoxy) is 1. The minimum Gasteiger partial charge on any atom is -0.504 e. The number of rotatable bonds is 4. The maximum Gasteiger partial charge on any atom is 0.407 e. The first-order valence-electron chi connectivity index (χ1n) is 6.85. The number of hydrogen-bond donors (Lipinski definition) is 6. The summed E-state index contributed by atoms with van der Waals surface area (Å²) in [5.41, 5.74) is -0.506. The number of aromatic hydroxyl groups is 3. The van der Waals surface area contributed by atoms with Crippen LogP contribution in [0.3, 0.4) is 0 Å². The van der Waals surface area contributed by atoms with Crippen molar-refractivity contribution >= 4 is 17.8 Å². The van der Waals surface area contributed by atoms with Crippen LogP contribution < -0.4 is 16.0 Å². The molecule has 3 amide bonds. The van der Waals surface area contributed by atoms with Crippen molar-refractivity contribution in [2.24, 2.45) is 0 Å². The highest BCUT2D eigenvalue weighted by Gasteiger charge is 2.15. The summed E-state index contributed by atoms with van der Waals surface area (Å²) in [6, 6.07) is 1.54. The molecule has 6 N–H and O–H groups in total. The zero-order valence-electron chi connectivity index (χ0n) is 13.1. The van der Waals surface area contributed by atoms with Crippen molar-refractivity contribution in [1.82, 2.24) is 10.6 Å². The standard InChI is InChI=1S/C14H21N3O6/c1-14(2,3)23-13(22)16-5-4-15-12(21)17-8-6-9(18)11(20)10(19)7-8/h6-7,18-20H,4-5H2,1-3H3,(H,16,22)(H2,15,17,21). The number of phenols is 3. The third-order valence-corrected chi connectivity index (χ3v) is 2.41. The second-order valence-electron chi connectivity index (χ2n) is 5.67. The van der Waals surface area contributed by atoms with Gasteiger partial charge in [-0.05, 0) is 20.8 Å². The van der Waals surface area contributed by atoms with Crippen LogP contribution in [-0.2, 0) is 4.74 Å². The van der Waals surface area contributed by atoms with E-state index in [0.717, 1.165) is 12.1 Å². The molecule has 1 aromatic rings. The second kappa shape index (κ2) is 7.43. The number of carbonyl (C=O) groups is 2. The lowest BCUT2D eigenvalue weighted by Crippen LogP contribution is -2.39. The van der Waals surface area contributed by atoms with Crippen LogP contribution in [0.15, 0.2) is 12.1 Å². The highest BCUT2D eigenvalue weighted by molar-refractivity contribution is 5.90. The number of amides is 3. The van der Waals surface area contributed by atoms with Crippen molar-refractivity contribution in [2.75, 3.05) is 18.4 Å². The molecule has 0 fully saturated rings. The molecule has 0 saturated carbocycles. The number of nitrogens with one attached hydrogen (secondary N) is 3. The number of carbonyl (C=O) groups excluding carboxylic acids is 2. The minimum atomic E-state index is -0.669. The van der Waals surface area contributed by atoms with E-state index in [4.69, 9.17) is 4.74 Å². The summed E-state index contributed by atoms with van der Waals surface area (Å²) in [5, 5.41) is 35.1. The van der Waals surface area contributed by atoms with Gasteiger partial charge in [-0.1, -0.05) is 0 Å². The average molecular weight is 327 g/mol. The van der Waals surface area contributed by atoms with Crippen LogP contribution in [0.5, 0.6) is 17.2 Å². The van der Waals surface area contributed by atoms with Gasteiger partial charge >= 0.3 is 12.1 Å². The number of urea groups is 1. The molecule has 9 nitrogen and oxygen atoms in total. The Labute approximate surface area is 133 Å². The fraction of sp³-hybridized carbons (Fsp3) is 0.429. The predicted octanol–water partition coefficient (Wildman–Crippen LogP) is 1.45. The van der Waals surface area contributed by atoms with Crippen LogP contribution >= 0.6 is 0 Å². The molecular formula is C14H21N3O6. The second-order valence-corrected chi connectivity index (χ2v) is 5.67. The smallest absolute Gasteiger partial charge is 0.407 e. The summed E-state index contributed by atoms with van der Waals surface area (Å²) in [6.07, 6.45) is -0.590. The fourth-order valence-electron chi connectivity index (χ4n) is 1.51. The summed E-state index contributed by atoms with van der Waals surface area (Å²) >= 11 is 0. The molecule has 0 radical (unpaired) electrons. The normalized spacial score (nSPS) is 10.7. The van der Waals surface area contributed by atoms with Gasteiger partial charge in [-0.15, -0.1) is 0 Å². The lowest BCUT2D eigenvalue weighted by Gasteiger charge is -2.19. The van der Waals surface area contributed by atoms with Crippen molar-refractivity contribution in [3.05, 3.63) is 12.1 Å². The number of alkyl carbamates (subject to hydrolysis) is 1. The van der Waals surface area contributed by atoms with Crippen LogP contribution in [0.25, 0.3) is 0 Å². The van der Waals surface area contributed by atoms with Crippen molar-refractivity contribution in [1.29, 1.82) is 0 Å². The molecule has 0 bridgehead atoms. The number of phenolic OH excluding ortho intramolecular Hbond substituents is 3. The number of benzene rings is 1. The quantitative estimate of drug-likeness (QED) is 0.281. The van der Waals surface area contributed by atoms with E-state index in [0.29, 0.717) is 0 Å². The molecule has 0 aliphatic heterocycles. The van der Waals surface area contributed by atoms with Gasteiger partial charge in [0.1, 0.15) is 5.60 Å². The van der Waals surface area contributed by atoms with E-state index >= 15 is 0 Å². The Morgan fingerprint density at radius 3 is 2.09 bits per heavy atom. The van der Waals surface area contributed by atoms with Crippen LogP contribution in [0, 0.1) is 0 Å². The van der Waals surface area contributed by atoms with Gasteiger partial charge in [-0.3, -0.25) is 0 Å². The van der Waals surface area contributed by atoms with E-state index in [1.807, 2.05) is 0 Å². The van der Waals surface area contributed by atoms with Crippen molar-refractivity contribution < 1.29 is 29.6 Å². The average Bonchev–Trinajstić information content (AvgIpc) is 2.39. The van der Waals surface area contributed by atoms with Crippen LogP contribution in [0.1, 0.15) is 20.8 Å². The zero-order valence-corrected chi connectivity index (χ0v) is 13.1. The zero-order chi connectivity index (χ0) is 17.6. The first kappa shape index (κ1) is 18.2. The summed E-state index contributed by atoms with van der Waals surface area (Å²) in [7, 11) is 0. The first-order chi connectivity index (χ1) is 10.6. The monoisotopic (exact) mass is 327 g/mol. The van der Waals surface area contributed by atoms with E-state index in [9.17, 15) is 24.9 Å². The molecule has 1 rings (SSSR count). The van der Waals surface area contributed by atoms with Gasteiger partial charge in [0.2, 0.25) is 0 Å². The molecule has 0 saturated heterocycles.